The minimum atomic E-state index is -1.56. The van der Waals surface area contributed by atoms with E-state index in [-0.39, 0.29) is 24.9 Å². The van der Waals surface area contributed by atoms with Crippen LogP contribution < -0.4 is 0 Å². The fraction of sp³-hybridized carbons (Fsp3) is 0.364. The molecule has 0 unspecified atom stereocenters. The monoisotopic (exact) mass is 512 g/mol. The van der Waals surface area contributed by atoms with Crippen molar-refractivity contribution in [3.8, 4) is 0 Å². The summed E-state index contributed by atoms with van der Waals surface area (Å²) in [6, 6.07) is 7.54. The molecule has 0 spiro atoms. The van der Waals surface area contributed by atoms with Crippen LogP contribution in [-0.4, -0.2) is 8.68 Å². The average molecular weight is 517 g/mol. The largest absolute Gasteiger partial charge is 0.302 e. The summed E-state index contributed by atoms with van der Waals surface area (Å²) in [6.07, 6.45) is 3.02. The Kier molecular flexibility index (Phi) is 8.33. The molecule has 0 aliphatic heterocycles. The van der Waals surface area contributed by atoms with Gasteiger partial charge in [-0.05, 0) is 78.3 Å². The molecular formula is C11H9Br3ClFOZn. The summed E-state index contributed by atoms with van der Waals surface area (Å²) in [4.78, 5) is 10.7. The quantitative estimate of drug-likeness (QED) is 0.295. The summed E-state index contributed by atoms with van der Waals surface area (Å²) in [5, 5.41) is 0.723. The van der Waals surface area contributed by atoms with E-state index in [1.54, 1.807) is 0 Å². The van der Waals surface area contributed by atoms with E-state index in [1.807, 2.05) is 24.3 Å². The zero-order valence-electron chi connectivity index (χ0n) is 9.31. The first-order chi connectivity index (χ1) is 7.77. The van der Waals surface area contributed by atoms with Crippen LogP contribution in [-0.2, 0) is 29.7 Å². The van der Waals surface area contributed by atoms with E-state index in [2.05, 4.69) is 47.8 Å². The standard InChI is InChI=1S/C10H9ClO.CBr3F.Zn/c11-9-3-1-8(2-4-9)10(7-12)5-6-10;2-1(3,4)5;/h1-4,7H,5-6H2;;. The summed E-state index contributed by atoms with van der Waals surface area (Å²) >= 11 is 13.4. The Labute approximate surface area is 148 Å². The van der Waals surface area contributed by atoms with Gasteiger partial charge in [-0.15, -0.1) is 0 Å². The molecule has 7 heteroatoms. The maximum absolute atomic E-state index is 11.4. The van der Waals surface area contributed by atoms with Crippen LogP contribution in [0.1, 0.15) is 18.4 Å². The molecule has 0 atom stereocenters. The van der Waals surface area contributed by atoms with Gasteiger partial charge in [0.05, 0.1) is 5.41 Å². The minimum absolute atomic E-state index is 0. The first-order valence-corrected chi connectivity index (χ1v) is 7.50. The van der Waals surface area contributed by atoms with Gasteiger partial charge in [-0.25, -0.2) is 4.39 Å². The maximum Gasteiger partial charge on any atom is 0.272 e. The second kappa shape index (κ2) is 7.82. The van der Waals surface area contributed by atoms with Crippen LogP contribution in [0.4, 0.5) is 4.39 Å². The first kappa shape index (κ1) is 19.2. The van der Waals surface area contributed by atoms with Gasteiger partial charge in [0, 0.05) is 24.5 Å². The average Bonchev–Trinajstić information content (AvgIpc) is 2.97. The number of hydrogen-bond donors (Lipinski definition) is 0. The van der Waals surface area contributed by atoms with Gasteiger partial charge < -0.3 is 4.79 Å². The van der Waals surface area contributed by atoms with Crippen molar-refractivity contribution in [3.63, 3.8) is 0 Å². The SMILES string of the molecule is FC(Br)(Br)Br.O=CC1(c2ccc(Cl)cc2)CC1.[Zn]. The van der Waals surface area contributed by atoms with Gasteiger partial charge in [-0.3, -0.25) is 0 Å². The van der Waals surface area contributed by atoms with Gasteiger partial charge >= 0.3 is 0 Å². The molecule has 1 saturated carbocycles. The van der Waals surface area contributed by atoms with Crippen LogP contribution in [0.3, 0.4) is 0 Å². The molecule has 2 rings (SSSR count). The van der Waals surface area contributed by atoms with Crippen molar-refractivity contribution in [2.75, 3.05) is 0 Å². The van der Waals surface area contributed by atoms with E-state index in [9.17, 15) is 9.18 Å². The normalized spacial score (nSPS) is 15.8. The van der Waals surface area contributed by atoms with Gasteiger partial charge in [0.2, 0.25) is 0 Å². The van der Waals surface area contributed by atoms with E-state index in [0.29, 0.717) is 0 Å². The van der Waals surface area contributed by atoms with E-state index < -0.39 is 2.40 Å². The topological polar surface area (TPSA) is 17.1 Å². The van der Waals surface area contributed by atoms with Gasteiger partial charge in [0.1, 0.15) is 6.29 Å². The van der Waals surface area contributed by atoms with Crippen LogP contribution in [0.5, 0.6) is 0 Å². The Balaban J connectivity index is 0.000000421. The molecule has 1 aromatic rings. The number of rotatable bonds is 2. The molecular weight excluding hydrogens is 508 g/mol. The Morgan fingerprint density at radius 3 is 1.89 bits per heavy atom. The van der Waals surface area contributed by atoms with Crippen molar-refractivity contribution in [3.05, 3.63) is 34.9 Å². The molecule has 1 aliphatic rings. The number of carbonyl (C=O) groups is 1. The van der Waals surface area contributed by atoms with Crippen LogP contribution in [0, 0.1) is 0 Å². The molecule has 1 nitrogen and oxygen atoms in total. The van der Waals surface area contributed by atoms with Crippen molar-refractivity contribution in [1.29, 1.82) is 0 Å². The number of hydrogen-bond acceptors (Lipinski definition) is 1. The Morgan fingerprint density at radius 1 is 1.22 bits per heavy atom. The van der Waals surface area contributed by atoms with Crippen LogP contribution in [0.15, 0.2) is 24.3 Å². The van der Waals surface area contributed by atoms with Crippen LogP contribution in [0.25, 0.3) is 0 Å². The molecule has 0 aromatic heterocycles. The minimum Gasteiger partial charge on any atom is -0.302 e. The summed E-state index contributed by atoms with van der Waals surface area (Å²) in [6.45, 7) is 0. The molecule has 1 aromatic carbocycles. The third-order valence-corrected chi connectivity index (χ3v) is 2.69. The molecule has 0 radical (unpaired) electrons. The van der Waals surface area contributed by atoms with Gasteiger partial charge in [0.25, 0.3) is 2.40 Å². The molecule has 18 heavy (non-hydrogen) atoms. The molecule has 0 saturated heterocycles. The summed E-state index contributed by atoms with van der Waals surface area (Å²) in [7, 11) is 0. The molecule has 0 amide bonds. The predicted octanol–water partition coefficient (Wildman–Crippen LogP) is 5.32. The van der Waals surface area contributed by atoms with E-state index in [0.717, 1.165) is 29.7 Å². The maximum atomic E-state index is 11.4. The van der Waals surface area contributed by atoms with Crippen molar-refractivity contribution < 1.29 is 28.7 Å². The second-order valence-corrected chi connectivity index (χ2v) is 10.6. The van der Waals surface area contributed by atoms with Crippen molar-refractivity contribution in [2.24, 2.45) is 0 Å². The third-order valence-electron chi connectivity index (χ3n) is 2.43. The molecule has 0 heterocycles. The second-order valence-electron chi connectivity index (χ2n) is 3.71. The third kappa shape index (κ3) is 7.09. The fourth-order valence-electron chi connectivity index (χ4n) is 1.39. The number of alkyl halides is 4. The molecule has 96 valence electrons. The Bertz CT molecular complexity index is 384. The van der Waals surface area contributed by atoms with E-state index in [4.69, 9.17) is 11.6 Å². The zero-order chi connectivity index (χ0) is 13.1. The summed E-state index contributed by atoms with van der Waals surface area (Å²) in [5.74, 6) is 0. The Hall–Kier alpha value is 1.17. The van der Waals surface area contributed by atoms with Crippen LogP contribution in [0.2, 0.25) is 5.02 Å². The number of carbonyl (C=O) groups excluding carboxylic acids is 1. The van der Waals surface area contributed by atoms with Gasteiger partial charge in [-0.2, -0.15) is 0 Å². The van der Waals surface area contributed by atoms with Crippen molar-refractivity contribution >= 4 is 65.7 Å². The molecule has 0 bridgehead atoms. The van der Waals surface area contributed by atoms with Crippen molar-refractivity contribution in [2.45, 2.75) is 20.7 Å². The van der Waals surface area contributed by atoms with Crippen LogP contribution >= 0.6 is 59.4 Å². The van der Waals surface area contributed by atoms with Crippen molar-refractivity contribution in [1.82, 2.24) is 0 Å². The smallest absolute Gasteiger partial charge is 0.272 e. The fourth-order valence-corrected chi connectivity index (χ4v) is 1.52. The zero-order valence-corrected chi connectivity index (χ0v) is 17.8. The molecule has 0 N–H and O–H groups in total. The first-order valence-electron chi connectivity index (χ1n) is 4.75. The number of benzene rings is 1. The Morgan fingerprint density at radius 2 is 1.61 bits per heavy atom. The molecule has 1 fully saturated rings. The number of halogens is 5. The summed E-state index contributed by atoms with van der Waals surface area (Å²) < 4.78 is 9.88. The van der Waals surface area contributed by atoms with E-state index in [1.165, 1.54) is 0 Å². The summed E-state index contributed by atoms with van der Waals surface area (Å²) in [5.41, 5.74) is 0.937. The van der Waals surface area contributed by atoms with Gasteiger partial charge in [0.15, 0.2) is 0 Å². The van der Waals surface area contributed by atoms with Gasteiger partial charge in [-0.1, -0.05) is 23.7 Å². The predicted molar refractivity (Wildman–Crippen MR) is 79.0 cm³/mol. The van der Waals surface area contributed by atoms with E-state index >= 15 is 0 Å². The molecule has 1 aliphatic carbocycles. The number of aldehydes is 1.